The third kappa shape index (κ3) is 2.74. The van der Waals surface area contributed by atoms with Crippen molar-refractivity contribution in [2.75, 3.05) is 6.54 Å². The second-order valence-electron chi connectivity index (χ2n) is 3.62. The van der Waals surface area contributed by atoms with Crippen LogP contribution in [0.15, 0.2) is 24.5 Å². The fourth-order valence-electron chi connectivity index (χ4n) is 1.50. The molecule has 3 N–H and O–H groups in total. The number of hydrogen-bond acceptors (Lipinski definition) is 5. The van der Waals surface area contributed by atoms with Crippen LogP contribution in [0.1, 0.15) is 23.2 Å². The third-order valence-corrected chi connectivity index (χ3v) is 2.51. The first-order chi connectivity index (χ1) is 9.13. The summed E-state index contributed by atoms with van der Waals surface area (Å²) in [5, 5.41) is 10.5. The summed E-state index contributed by atoms with van der Waals surface area (Å²) in [5.74, 6) is 0.658. The number of imidazole rings is 1. The molecule has 8 heteroatoms. The minimum Gasteiger partial charge on any atom is -0.387 e. The molecule has 2 aromatic rings. The van der Waals surface area contributed by atoms with E-state index in [9.17, 15) is 4.79 Å². The van der Waals surface area contributed by atoms with E-state index >= 15 is 0 Å². The number of hydrogen-bond donors (Lipinski definition) is 2. The number of rotatable bonds is 4. The van der Waals surface area contributed by atoms with Crippen LogP contribution in [0.4, 0.5) is 0 Å². The number of amides is 1. The minimum atomic E-state index is -0.262. The maximum absolute atomic E-state index is 11.5. The van der Waals surface area contributed by atoms with Gasteiger partial charge in [0.1, 0.15) is 4.99 Å². The molecule has 0 aliphatic carbocycles. The van der Waals surface area contributed by atoms with Gasteiger partial charge in [-0.3, -0.25) is 9.36 Å². The van der Waals surface area contributed by atoms with E-state index < -0.39 is 0 Å². The zero-order valence-electron chi connectivity index (χ0n) is 10.2. The third-order valence-electron chi connectivity index (χ3n) is 2.33. The zero-order chi connectivity index (χ0) is 13.8. The van der Waals surface area contributed by atoms with E-state index in [1.165, 1.54) is 0 Å². The molecule has 0 spiro atoms. The Bertz CT molecular complexity index is 606. The Labute approximate surface area is 114 Å². The average Bonchev–Trinajstić information content (AvgIpc) is 2.88. The lowest BCUT2D eigenvalue weighted by Crippen LogP contribution is -2.24. The maximum Gasteiger partial charge on any atom is 0.271 e. The Morgan fingerprint density at radius 2 is 2.26 bits per heavy atom. The molecule has 98 valence electrons. The summed E-state index contributed by atoms with van der Waals surface area (Å²) < 4.78 is 1.61. The van der Waals surface area contributed by atoms with Gasteiger partial charge in [-0.25, -0.2) is 4.98 Å². The lowest BCUT2D eigenvalue weighted by Gasteiger charge is -2.05. The molecule has 0 fully saturated rings. The highest BCUT2D eigenvalue weighted by molar-refractivity contribution is 7.80. The number of thiocarbonyl (C=S) groups is 1. The lowest BCUT2D eigenvalue weighted by molar-refractivity contribution is 0.0950. The Morgan fingerprint density at radius 1 is 1.47 bits per heavy atom. The van der Waals surface area contributed by atoms with E-state index in [1.807, 2.05) is 6.92 Å². The second kappa shape index (κ2) is 5.53. The predicted octanol–water partition coefficient (Wildman–Crippen LogP) is 0.0462. The van der Waals surface area contributed by atoms with Crippen LogP contribution < -0.4 is 11.1 Å². The molecular weight excluding hydrogens is 264 g/mol. The highest BCUT2D eigenvalue weighted by Crippen LogP contribution is 2.07. The number of carbonyl (C=O) groups is 1. The zero-order valence-corrected chi connectivity index (χ0v) is 11.0. The molecule has 2 heterocycles. The van der Waals surface area contributed by atoms with Gasteiger partial charge in [-0.15, -0.1) is 10.2 Å². The van der Waals surface area contributed by atoms with Gasteiger partial charge in [-0.05, 0) is 19.1 Å². The first kappa shape index (κ1) is 13.1. The van der Waals surface area contributed by atoms with Gasteiger partial charge in [0, 0.05) is 18.9 Å². The second-order valence-corrected chi connectivity index (χ2v) is 4.06. The SMILES string of the molecule is CCNC(=O)c1ccc(-n2ccnc2C(N)=S)nn1. The van der Waals surface area contributed by atoms with Crippen LogP contribution in [0.5, 0.6) is 0 Å². The highest BCUT2D eigenvalue weighted by atomic mass is 32.1. The summed E-state index contributed by atoms with van der Waals surface area (Å²) in [7, 11) is 0. The molecule has 7 nitrogen and oxygen atoms in total. The topological polar surface area (TPSA) is 98.7 Å². The molecule has 0 bridgehead atoms. The average molecular weight is 276 g/mol. The van der Waals surface area contributed by atoms with Crippen LogP contribution in [0, 0.1) is 0 Å². The maximum atomic E-state index is 11.5. The molecular formula is C11H12N6OS. The molecule has 2 rings (SSSR count). The van der Waals surface area contributed by atoms with Crippen molar-refractivity contribution in [3.05, 3.63) is 36.0 Å². The van der Waals surface area contributed by atoms with Crippen molar-refractivity contribution in [1.29, 1.82) is 0 Å². The molecule has 0 atom stereocenters. The fourth-order valence-corrected chi connectivity index (χ4v) is 1.65. The van der Waals surface area contributed by atoms with Crippen molar-refractivity contribution in [2.45, 2.75) is 6.92 Å². The summed E-state index contributed by atoms with van der Waals surface area (Å²) in [4.78, 5) is 15.7. The van der Waals surface area contributed by atoms with E-state index in [2.05, 4.69) is 20.5 Å². The summed E-state index contributed by atoms with van der Waals surface area (Å²) in [6, 6.07) is 3.23. The summed E-state index contributed by atoms with van der Waals surface area (Å²) in [6.07, 6.45) is 3.23. The van der Waals surface area contributed by atoms with Crippen LogP contribution in [-0.4, -0.2) is 37.2 Å². The molecule has 0 aliphatic rings. The van der Waals surface area contributed by atoms with Crippen molar-refractivity contribution in [2.24, 2.45) is 5.73 Å². The monoisotopic (exact) mass is 276 g/mol. The van der Waals surface area contributed by atoms with E-state index in [1.54, 1.807) is 29.1 Å². The Hall–Kier alpha value is -2.35. The van der Waals surface area contributed by atoms with Crippen molar-refractivity contribution >= 4 is 23.1 Å². The summed E-state index contributed by atoms with van der Waals surface area (Å²) in [6.45, 7) is 2.37. The van der Waals surface area contributed by atoms with Crippen molar-refractivity contribution < 1.29 is 4.79 Å². The molecule has 19 heavy (non-hydrogen) atoms. The van der Waals surface area contributed by atoms with Gasteiger partial charge in [0.25, 0.3) is 5.91 Å². The lowest BCUT2D eigenvalue weighted by atomic mass is 10.3. The van der Waals surface area contributed by atoms with Crippen LogP contribution in [0.2, 0.25) is 0 Å². The van der Waals surface area contributed by atoms with Gasteiger partial charge in [-0.2, -0.15) is 0 Å². The number of aromatic nitrogens is 4. The Kier molecular flexibility index (Phi) is 3.81. The van der Waals surface area contributed by atoms with Crippen molar-refractivity contribution in [3.8, 4) is 5.82 Å². The molecule has 0 aliphatic heterocycles. The summed E-state index contributed by atoms with van der Waals surface area (Å²) >= 11 is 4.89. The Morgan fingerprint density at radius 3 is 2.84 bits per heavy atom. The van der Waals surface area contributed by atoms with Gasteiger partial charge in [0.05, 0.1) is 0 Å². The molecule has 0 aromatic carbocycles. The first-order valence-corrected chi connectivity index (χ1v) is 5.99. The van der Waals surface area contributed by atoms with Gasteiger partial charge in [-0.1, -0.05) is 12.2 Å². The van der Waals surface area contributed by atoms with Crippen LogP contribution in [-0.2, 0) is 0 Å². The number of nitrogens with one attached hydrogen (secondary N) is 1. The molecule has 2 aromatic heterocycles. The van der Waals surface area contributed by atoms with Crippen LogP contribution in [0.3, 0.4) is 0 Å². The number of nitrogens with zero attached hydrogens (tertiary/aromatic N) is 4. The molecule has 0 saturated heterocycles. The van der Waals surface area contributed by atoms with Crippen molar-refractivity contribution in [1.82, 2.24) is 25.1 Å². The van der Waals surface area contributed by atoms with E-state index in [0.29, 0.717) is 18.2 Å². The van der Waals surface area contributed by atoms with Crippen LogP contribution in [0.25, 0.3) is 5.82 Å². The normalized spacial score (nSPS) is 10.2. The van der Waals surface area contributed by atoms with E-state index in [4.69, 9.17) is 18.0 Å². The van der Waals surface area contributed by atoms with Gasteiger partial charge in [0.15, 0.2) is 17.3 Å². The van der Waals surface area contributed by atoms with Gasteiger partial charge >= 0.3 is 0 Å². The quantitative estimate of drug-likeness (QED) is 0.765. The molecule has 0 radical (unpaired) electrons. The first-order valence-electron chi connectivity index (χ1n) is 5.59. The number of nitrogens with two attached hydrogens (primary N) is 1. The summed E-state index contributed by atoms with van der Waals surface area (Å²) in [5.41, 5.74) is 5.80. The molecule has 1 amide bonds. The van der Waals surface area contributed by atoms with Gasteiger partial charge < -0.3 is 11.1 Å². The van der Waals surface area contributed by atoms with Gasteiger partial charge in [0.2, 0.25) is 0 Å². The van der Waals surface area contributed by atoms with E-state index in [-0.39, 0.29) is 16.6 Å². The fraction of sp³-hybridized carbons (Fsp3) is 0.182. The van der Waals surface area contributed by atoms with Crippen LogP contribution >= 0.6 is 12.2 Å². The van der Waals surface area contributed by atoms with Crippen molar-refractivity contribution in [3.63, 3.8) is 0 Å². The Balaban J connectivity index is 2.30. The predicted molar refractivity (Wildman–Crippen MR) is 73.0 cm³/mol. The highest BCUT2D eigenvalue weighted by Gasteiger charge is 2.11. The smallest absolute Gasteiger partial charge is 0.271 e. The minimum absolute atomic E-state index is 0.166. The molecule has 0 saturated carbocycles. The number of carbonyl (C=O) groups excluding carboxylic acids is 1. The molecule has 0 unspecified atom stereocenters. The van der Waals surface area contributed by atoms with E-state index in [0.717, 1.165) is 0 Å². The standard InChI is InChI=1S/C11H12N6OS/c1-2-13-11(18)7-3-4-8(16-15-7)17-6-5-14-10(17)9(12)19/h3-6H,2H2,1H3,(H2,12,19)(H,13,18). The largest absolute Gasteiger partial charge is 0.387 e.